The monoisotopic (exact) mass is 272 g/mol. The molecule has 2 aromatic rings. The van der Waals surface area contributed by atoms with Crippen molar-refractivity contribution in [3.8, 4) is 0 Å². The number of carboxylic acids is 1. The second-order valence-electron chi connectivity index (χ2n) is 4.83. The molecule has 0 radical (unpaired) electrons. The van der Waals surface area contributed by atoms with E-state index in [1.54, 1.807) is 0 Å². The Balaban J connectivity index is 2.29. The molecule has 0 aliphatic rings. The van der Waals surface area contributed by atoms with Gasteiger partial charge in [-0.3, -0.25) is 9.48 Å². The third-order valence-electron chi connectivity index (χ3n) is 3.42. The quantitative estimate of drug-likeness (QED) is 0.879. The molecule has 0 spiro atoms. The lowest BCUT2D eigenvalue weighted by Gasteiger charge is -2.10. The molecule has 0 aliphatic carbocycles. The molecular formula is C16H20N2O2. The minimum Gasteiger partial charge on any atom is -0.481 e. The third kappa shape index (κ3) is 3.26. The summed E-state index contributed by atoms with van der Waals surface area (Å²) >= 11 is 0. The Bertz CT molecular complexity index is 602. The van der Waals surface area contributed by atoms with Gasteiger partial charge in [-0.25, -0.2) is 0 Å². The normalized spacial score (nSPS) is 10.7. The van der Waals surface area contributed by atoms with Gasteiger partial charge in [-0.05, 0) is 30.0 Å². The van der Waals surface area contributed by atoms with Crippen molar-refractivity contribution in [2.75, 3.05) is 0 Å². The molecule has 1 aromatic carbocycles. The van der Waals surface area contributed by atoms with Crippen molar-refractivity contribution in [2.45, 2.75) is 39.7 Å². The van der Waals surface area contributed by atoms with Crippen molar-refractivity contribution < 1.29 is 9.90 Å². The van der Waals surface area contributed by atoms with E-state index < -0.39 is 5.97 Å². The summed E-state index contributed by atoms with van der Waals surface area (Å²) in [5.74, 6) is -0.803. The summed E-state index contributed by atoms with van der Waals surface area (Å²) in [7, 11) is 0. The van der Waals surface area contributed by atoms with E-state index in [4.69, 9.17) is 5.11 Å². The Morgan fingerprint density at radius 1 is 1.20 bits per heavy atom. The van der Waals surface area contributed by atoms with Crippen molar-refractivity contribution >= 4 is 5.97 Å². The average Bonchev–Trinajstić information content (AvgIpc) is 2.82. The molecule has 1 aromatic heterocycles. The summed E-state index contributed by atoms with van der Waals surface area (Å²) in [4.78, 5) is 10.9. The van der Waals surface area contributed by atoms with Crippen molar-refractivity contribution in [3.63, 3.8) is 0 Å². The first-order chi connectivity index (χ1) is 9.63. The van der Waals surface area contributed by atoms with E-state index in [1.165, 1.54) is 5.69 Å². The van der Waals surface area contributed by atoms with Crippen LogP contribution in [0.25, 0.3) is 0 Å². The highest BCUT2D eigenvalue weighted by atomic mass is 16.4. The van der Waals surface area contributed by atoms with Crippen LogP contribution in [0.1, 0.15) is 36.4 Å². The summed E-state index contributed by atoms with van der Waals surface area (Å²) in [6, 6.07) is 9.80. The number of hydrogen-bond acceptors (Lipinski definition) is 2. The molecule has 0 saturated heterocycles. The number of hydrogen-bond donors (Lipinski definition) is 1. The van der Waals surface area contributed by atoms with E-state index in [0.717, 1.165) is 29.7 Å². The van der Waals surface area contributed by atoms with Crippen LogP contribution >= 0.6 is 0 Å². The van der Waals surface area contributed by atoms with Gasteiger partial charge in [0.05, 0.1) is 18.7 Å². The maximum atomic E-state index is 10.9. The number of aliphatic carboxylic acids is 1. The zero-order chi connectivity index (χ0) is 14.5. The highest BCUT2D eigenvalue weighted by molar-refractivity contribution is 5.70. The summed E-state index contributed by atoms with van der Waals surface area (Å²) in [6.07, 6.45) is 1.89. The van der Waals surface area contributed by atoms with E-state index in [0.29, 0.717) is 6.54 Å². The second kappa shape index (κ2) is 6.37. The van der Waals surface area contributed by atoms with Crippen LogP contribution < -0.4 is 0 Å². The van der Waals surface area contributed by atoms with Gasteiger partial charge in [0.15, 0.2) is 0 Å². The van der Waals surface area contributed by atoms with E-state index in [1.807, 2.05) is 28.9 Å². The largest absolute Gasteiger partial charge is 0.481 e. The van der Waals surface area contributed by atoms with Gasteiger partial charge in [0, 0.05) is 5.69 Å². The lowest BCUT2D eigenvalue weighted by molar-refractivity contribution is -0.136. The zero-order valence-corrected chi connectivity index (χ0v) is 12.0. The fraction of sp³-hybridized carbons (Fsp3) is 0.375. The molecule has 106 valence electrons. The maximum Gasteiger partial charge on any atom is 0.307 e. The van der Waals surface area contributed by atoms with Crippen LogP contribution in [0.4, 0.5) is 0 Å². The molecule has 4 heteroatoms. The zero-order valence-electron chi connectivity index (χ0n) is 12.0. The molecule has 1 heterocycles. The molecule has 0 fully saturated rings. The lowest BCUT2D eigenvalue weighted by atomic mass is 10.0. The average molecular weight is 272 g/mol. The Labute approximate surface area is 119 Å². The molecule has 0 atom stereocenters. The maximum absolute atomic E-state index is 10.9. The van der Waals surface area contributed by atoms with Crippen molar-refractivity contribution in [2.24, 2.45) is 0 Å². The first-order valence-electron chi connectivity index (χ1n) is 6.98. The predicted molar refractivity (Wildman–Crippen MR) is 77.9 cm³/mol. The summed E-state index contributed by atoms with van der Waals surface area (Å²) in [5.41, 5.74) is 4.15. The number of carbonyl (C=O) groups is 1. The van der Waals surface area contributed by atoms with Crippen molar-refractivity contribution in [1.82, 2.24) is 9.78 Å². The molecule has 0 unspecified atom stereocenters. The molecule has 0 amide bonds. The number of nitrogens with zero attached hydrogens (tertiary/aromatic N) is 2. The Morgan fingerprint density at radius 3 is 2.50 bits per heavy atom. The summed E-state index contributed by atoms with van der Waals surface area (Å²) in [5, 5.41) is 13.6. The second-order valence-corrected chi connectivity index (χ2v) is 4.83. The molecule has 0 saturated carbocycles. The SMILES string of the molecule is CCc1cc(CC)n(Cc2ccccc2CC(=O)O)n1. The van der Waals surface area contributed by atoms with E-state index in [9.17, 15) is 4.79 Å². The van der Waals surface area contributed by atoms with Gasteiger partial charge in [-0.1, -0.05) is 38.1 Å². The van der Waals surface area contributed by atoms with Gasteiger partial charge in [0.25, 0.3) is 0 Å². The van der Waals surface area contributed by atoms with Crippen LogP contribution in [0.15, 0.2) is 30.3 Å². The lowest BCUT2D eigenvalue weighted by Crippen LogP contribution is -2.10. The smallest absolute Gasteiger partial charge is 0.307 e. The fourth-order valence-corrected chi connectivity index (χ4v) is 2.32. The van der Waals surface area contributed by atoms with Gasteiger partial charge < -0.3 is 5.11 Å². The number of rotatable bonds is 6. The number of aromatic nitrogens is 2. The standard InChI is InChI=1S/C16H20N2O2/c1-3-14-10-15(4-2)18(17-14)11-13-8-6-5-7-12(13)9-16(19)20/h5-8,10H,3-4,9,11H2,1-2H3,(H,19,20). The topological polar surface area (TPSA) is 55.1 Å². The Hall–Kier alpha value is -2.10. The minimum absolute atomic E-state index is 0.0551. The van der Waals surface area contributed by atoms with Crippen molar-refractivity contribution in [1.29, 1.82) is 0 Å². The third-order valence-corrected chi connectivity index (χ3v) is 3.42. The highest BCUT2D eigenvalue weighted by Crippen LogP contribution is 2.14. The number of benzene rings is 1. The van der Waals surface area contributed by atoms with E-state index in [2.05, 4.69) is 25.0 Å². The molecule has 1 N–H and O–H groups in total. The van der Waals surface area contributed by atoms with E-state index >= 15 is 0 Å². The van der Waals surface area contributed by atoms with Gasteiger partial charge in [0.2, 0.25) is 0 Å². The Kier molecular flexibility index (Phi) is 4.56. The van der Waals surface area contributed by atoms with Gasteiger partial charge >= 0.3 is 5.97 Å². The van der Waals surface area contributed by atoms with Crippen LogP contribution in [0.5, 0.6) is 0 Å². The van der Waals surface area contributed by atoms with Crippen LogP contribution in [0.3, 0.4) is 0 Å². The minimum atomic E-state index is -0.803. The van der Waals surface area contributed by atoms with Crippen LogP contribution in [-0.4, -0.2) is 20.9 Å². The molecule has 20 heavy (non-hydrogen) atoms. The van der Waals surface area contributed by atoms with Crippen LogP contribution in [-0.2, 0) is 30.6 Å². The molecule has 4 nitrogen and oxygen atoms in total. The molecule has 0 bridgehead atoms. The molecular weight excluding hydrogens is 252 g/mol. The van der Waals surface area contributed by atoms with Crippen LogP contribution in [0, 0.1) is 0 Å². The summed E-state index contributed by atoms with van der Waals surface area (Å²) in [6.45, 7) is 4.83. The van der Waals surface area contributed by atoms with Gasteiger partial charge in [-0.2, -0.15) is 5.10 Å². The highest BCUT2D eigenvalue weighted by Gasteiger charge is 2.10. The Morgan fingerprint density at radius 2 is 1.90 bits per heavy atom. The summed E-state index contributed by atoms with van der Waals surface area (Å²) < 4.78 is 1.99. The van der Waals surface area contributed by atoms with Gasteiger partial charge in [-0.15, -0.1) is 0 Å². The fourth-order valence-electron chi connectivity index (χ4n) is 2.32. The predicted octanol–water partition coefficient (Wildman–Crippen LogP) is 2.68. The van der Waals surface area contributed by atoms with Crippen LogP contribution in [0.2, 0.25) is 0 Å². The van der Waals surface area contributed by atoms with E-state index in [-0.39, 0.29) is 6.42 Å². The molecule has 2 rings (SSSR count). The number of carboxylic acid groups (broad SMARTS) is 1. The van der Waals surface area contributed by atoms with Gasteiger partial charge in [0.1, 0.15) is 0 Å². The molecule has 0 aliphatic heterocycles. The first kappa shape index (κ1) is 14.3. The van der Waals surface area contributed by atoms with Crippen molar-refractivity contribution in [3.05, 3.63) is 52.8 Å². The first-order valence-corrected chi connectivity index (χ1v) is 6.98. The number of aryl methyl sites for hydroxylation is 2.